The molecule has 8 aliphatic rings. The average molecular weight is 526 g/mol. The maximum atomic E-state index is 14.9. The molecule has 3 heterocycles. The summed E-state index contributed by atoms with van der Waals surface area (Å²) in [5, 5.41) is 26.4. The minimum atomic E-state index is -1.38. The third-order valence-corrected chi connectivity index (χ3v) is 13.0. The van der Waals surface area contributed by atoms with E-state index in [-0.39, 0.29) is 54.0 Å². The minimum Gasteiger partial charge on any atom is -0.392 e. The Labute approximate surface area is 227 Å². The zero-order chi connectivity index (χ0) is 27.0. The van der Waals surface area contributed by atoms with Crippen molar-refractivity contribution in [2.45, 2.75) is 116 Å². The van der Waals surface area contributed by atoms with Crippen LogP contribution < -0.4 is 5.32 Å². The van der Waals surface area contributed by atoms with Crippen LogP contribution in [0.3, 0.4) is 0 Å². The van der Waals surface area contributed by atoms with Crippen LogP contribution in [0.25, 0.3) is 0 Å². The van der Waals surface area contributed by atoms with Crippen molar-refractivity contribution in [3.63, 3.8) is 0 Å². The predicted octanol–water partition coefficient (Wildman–Crippen LogP) is 4.38. The number of fused-ring (bicyclic) bond motifs is 4. The van der Waals surface area contributed by atoms with E-state index < -0.39 is 28.6 Å². The van der Waals surface area contributed by atoms with Gasteiger partial charge < -0.3 is 20.3 Å². The Bertz CT molecular complexity index is 1100. The van der Waals surface area contributed by atoms with E-state index in [4.69, 9.17) is 4.74 Å². The molecule has 8 rings (SSSR count). The van der Waals surface area contributed by atoms with Crippen molar-refractivity contribution in [3.05, 3.63) is 11.6 Å². The molecule has 0 aromatic heterocycles. The Morgan fingerprint density at radius 1 is 1.03 bits per heavy atom. The molecule has 1 spiro atoms. The minimum absolute atomic E-state index is 0.0110. The van der Waals surface area contributed by atoms with Gasteiger partial charge in [-0.05, 0) is 93.3 Å². The first kappa shape index (κ1) is 25.7. The summed E-state index contributed by atoms with van der Waals surface area (Å²) in [6.07, 6.45) is 8.31. The van der Waals surface area contributed by atoms with Gasteiger partial charge in [0.1, 0.15) is 11.1 Å². The van der Waals surface area contributed by atoms with E-state index in [1.807, 2.05) is 6.92 Å². The van der Waals surface area contributed by atoms with E-state index in [0.717, 1.165) is 32.1 Å². The Balaban J connectivity index is 1.45. The molecule has 6 nitrogen and oxygen atoms in total. The molecule has 0 unspecified atom stereocenters. The van der Waals surface area contributed by atoms with Gasteiger partial charge in [0.05, 0.1) is 18.3 Å². The number of carbonyl (C=O) groups is 2. The van der Waals surface area contributed by atoms with E-state index in [1.165, 1.54) is 12.0 Å². The zero-order valence-corrected chi connectivity index (χ0v) is 23.8. The fraction of sp³-hybridized carbons (Fsp3) is 0.875. The first-order valence-electron chi connectivity index (χ1n) is 15.4. The van der Waals surface area contributed by atoms with Crippen molar-refractivity contribution in [2.75, 3.05) is 0 Å². The molecule has 6 heteroatoms. The first-order chi connectivity index (χ1) is 17.8. The van der Waals surface area contributed by atoms with Gasteiger partial charge in [0, 0.05) is 23.7 Å². The van der Waals surface area contributed by atoms with Crippen LogP contribution in [0, 0.1) is 57.7 Å². The Morgan fingerprint density at radius 3 is 2.45 bits per heavy atom. The average Bonchev–Trinajstić information content (AvgIpc) is 3.21. The molecule has 12 atom stereocenters. The number of hydrogen-bond acceptors (Lipinski definition) is 5. The molecule has 0 radical (unpaired) electrons. The van der Waals surface area contributed by atoms with E-state index in [1.54, 1.807) is 0 Å². The summed E-state index contributed by atoms with van der Waals surface area (Å²) in [6, 6.07) is 0. The van der Waals surface area contributed by atoms with Crippen molar-refractivity contribution in [2.24, 2.45) is 57.7 Å². The Hall–Kier alpha value is -1.24. The topological polar surface area (TPSA) is 95.9 Å². The summed E-state index contributed by atoms with van der Waals surface area (Å²) < 4.78 is 7.24. The number of ether oxygens (including phenoxy) is 1. The second-order valence-corrected chi connectivity index (χ2v) is 15.6. The van der Waals surface area contributed by atoms with E-state index in [9.17, 15) is 19.8 Å². The van der Waals surface area contributed by atoms with Gasteiger partial charge in [-0.15, -0.1) is 0 Å². The Morgan fingerprint density at radius 2 is 1.74 bits per heavy atom. The normalized spacial score (nSPS) is 59.3. The molecule has 1 amide bonds. The van der Waals surface area contributed by atoms with Crippen LogP contribution in [-0.4, -0.2) is 45.9 Å². The monoisotopic (exact) mass is 525 g/mol. The highest BCUT2D eigenvalue weighted by Gasteiger charge is 2.74. The van der Waals surface area contributed by atoms with Crippen molar-refractivity contribution in [3.8, 4) is 0 Å². The van der Waals surface area contributed by atoms with Crippen LogP contribution in [0.2, 0.25) is 0 Å². The van der Waals surface area contributed by atoms with Gasteiger partial charge in [-0.1, -0.05) is 39.3 Å². The fourth-order valence-electron chi connectivity index (χ4n) is 12.1. The molecular formula is C32H47NO5. The molecule has 0 aromatic rings. The van der Waals surface area contributed by atoms with Crippen molar-refractivity contribution in [1.82, 2.24) is 5.32 Å². The van der Waals surface area contributed by atoms with Gasteiger partial charge in [-0.2, -0.15) is 0 Å². The van der Waals surface area contributed by atoms with Gasteiger partial charge in [-0.3, -0.25) is 9.59 Å². The van der Waals surface area contributed by atoms with Crippen LogP contribution >= 0.6 is 0 Å². The quantitative estimate of drug-likeness (QED) is 0.322. The van der Waals surface area contributed by atoms with Crippen LogP contribution in [0.1, 0.15) is 92.4 Å². The maximum Gasteiger partial charge on any atom is 0.236 e. The van der Waals surface area contributed by atoms with Gasteiger partial charge >= 0.3 is 0 Å². The summed E-state index contributed by atoms with van der Waals surface area (Å²) in [6.45, 7) is 11.5. The SMILES string of the molecule is CC1=C[C@@]2(C)[C@@H]3C(=O)[C@]4(C[C@@H]2O)C[C@](O)(CC2CCC(CC2)O[C@H]2[C@H]3[C@@H]1[C@]1(C)C[C@H](C)C[C@H](C)[C@@H]21)NC4=O. The van der Waals surface area contributed by atoms with Crippen molar-refractivity contribution >= 4 is 11.7 Å². The second-order valence-electron chi connectivity index (χ2n) is 15.6. The molecule has 38 heavy (non-hydrogen) atoms. The number of amides is 1. The maximum absolute atomic E-state index is 14.9. The van der Waals surface area contributed by atoms with Crippen molar-refractivity contribution in [1.29, 1.82) is 0 Å². The summed E-state index contributed by atoms with van der Waals surface area (Å²) in [5.41, 5.74) is -2.20. The van der Waals surface area contributed by atoms with Gasteiger partial charge in [0.2, 0.25) is 5.91 Å². The van der Waals surface area contributed by atoms with Gasteiger partial charge in [0.25, 0.3) is 0 Å². The predicted molar refractivity (Wildman–Crippen MR) is 143 cm³/mol. The molecule has 4 saturated carbocycles. The highest BCUT2D eigenvalue weighted by atomic mass is 16.5. The lowest BCUT2D eigenvalue weighted by Crippen LogP contribution is -2.62. The molecule has 0 aromatic carbocycles. The number of rotatable bonds is 0. The lowest BCUT2D eigenvalue weighted by atomic mass is 9.47. The smallest absolute Gasteiger partial charge is 0.236 e. The standard InChI is InChI=1S/C32H47NO5/c1-16-10-17(2)24-26-22-23(30(24,5)11-16)18(3)12-29(4)21(34)14-31(27(35)25(22)29)15-32(37,33-28(31)36)13-19-6-8-20(38-26)9-7-19/h12,16-17,19-26,34,37H,6-11,13-15H2,1-5H3,(H,33,36)/t16-,17+,19?,20?,21+,22+,23-,24+,25+,26+,29-,30+,31+,32-/m1/s1. The van der Waals surface area contributed by atoms with Crippen molar-refractivity contribution < 1.29 is 24.5 Å². The number of nitrogens with one attached hydrogen (secondary N) is 1. The number of ketones is 1. The molecule has 3 N–H and O–H groups in total. The lowest BCUT2D eigenvalue weighted by molar-refractivity contribution is -0.172. The van der Waals surface area contributed by atoms with Crippen LogP contribution in [0.4, 0.5) is 0 Å². The third kappa shape index (κ3) is 3.17. The van der Waals surface area contributed by atoms with E-state index in [2.05, 4.69) is 39.1 Å². The van der Waals surface area contributed by atoms with Crippen LogP contribution in [0.15, 0.2) is 11.6 Å². The summed E-state index contributed by atoms with van der Waals surface area (Å²) in [4.78, 5) is 28.7. The van der Waals surface area contributed by atoms with E-state index in [0.29, 0.717) is 30.1 Å². The van der Waals surface area contributed by atoms with Crippen LogP contribution in [0.5, 0.6) is 0 Å². The number of allylic oxidation sites excluding steroid dienone is 1. The Kier molecular flexibility index (Phi) is 5.37. The largest absolute Gasteiger partial charge is 0.392 e. The van der Waals surface area contributed by atoms with E-state index >= 15 is 0 Å². The molecule has 3 saturated heterocycles. The molecular weight excluding hydrogens is 478 g/mol. The highest BCUT2D eigenvalue weighted by molar-refractivity contribution is 6.10. The molecule has 5 aliphatic carbocycles. The summed E-state index contributed by atoms with van der Waals surface area (Å²) in [7, 11) is 0. The lowest BCUT2D eigenvalue weighted by Gasteiger charge is -2.56. The number of carbonyl (C=O) groups excluding carboxylic acids is 2. The second kappa shape index (κ2) is 7.94. The van der Waals surface area contributed by atoms with Gasteiger partial charge in [-0.25, -0.2) is 0 Å². The number of aliphatic hydroxyl groups is 2. The summed E-state index contributed by atoms with van der Waals surface area (Å²) in [5.74, 6) is 0.947. The van der Waals surface area contributed by atoms with Crippen LogP contribution in [-0.2, 0) is 14.3 Å². The number of hydrogen-bond donors (Lipinski definition) is 3. The third-order valence-electron chi connectivity index (χ3n) is 13.0. The molecule has 7 fully saturated rings. The molecule has 210 valence electrons. The molecule has 5 bridgehead atoms. The first-order valence-corrected chi connectivity index (χ1v) is 15.4. The summed E-state index contributed by atoms with van der Waals surface area (Å²) >= 11 is 0. The molecule has 3 aliphatic heterocycles. The zero-order valence-electron chi connectivity index (χ0n) is 23.8. The van der Waals surface area contributed by atoms with Gasteiger partial charge in [0.15, 0.2) is 5.78 Å². The highest BCUT2D eigenvalue weighted by Crippen LogP contribution is 2.71. The number of Topliss-reactive ketones (excluding diaryl/α,β-unsaturated/α-hetero) is 1. The number of aliphatic hydroxyl groups excluding tert-OH is 1. The fourth-order valence-corrected chi connectivity index (χ4v) is 12.1.